The predicted octanol–water partition coefficient (Wildman–Crippen LogP) is 2.23. The Morgan fingerprint density at radius 1 is 1.36 bits per heavy atom. The van der Waals surface area contributed by atoms with Crippen molar-refractivity contribution in [3.8, 4) is 11.8 Å². The third-order valence-corrected chi connectivity index (χ3v) is 4.36. The van der Waals surface area contributed by atoms with Gasteiger partial charge in [0, 0.05) is 18.9 Å². The molecule has 0 aliphatic carbocycles. The van der Waals surface area contributed by atoms with Crippen LogP contribution < -0.4 is 9.47 Å². The molecule has 1 amide bonds. The lowest BCUT2D eigenvalue weighted by molar-refractivity contribution is 0.0523. The van der Waals surface area contributed by atoms with E-state index in [0.29, 0.717) is 18.3 Å². The summed E-state index contributed by atoms with van der Waals surface area (Å²) in [4.78, 5) is 23.2. The Labute approximate surface area is 132 Å². The molecular formula is C15H17N3O3S. The van der Waals surface area contributed by atoms with E-state index in [1.807, 2.05) is 22.4 Å². The molecule has 0 spiro atoms. The van der Waals surface area contributed by atoms with E-state index in [1.165, 1.54) is 18.4 Å². The largest absolute Gasteiger partial charge is 0.477 e. The highest BCUT2D eigenvalue weighted by Gasteiger charge is 2.27. The molecular weight excluding hydrogens is 302 g/mol. The molecule has 7 heteroatoms. The van der Waals surface area contributed by atoms with Crippen LogP contribution in [0.25, 0.3) is 0 Å². The molecule has 0 saturated carbocycles. The van der Waals surface area contributed by atoms with Gasteiger partial charge in [-0.1, -0.05) is 6.07 Å². The first-order chi connectivity index (χ1) is 10.8. The van der Waals surface area contributed by atoms with Gasteiger partial charge in [-0.2, -0.15) is 0 Å². The molecule has 1 aliphatic heterocycles. The minimum atomic E-state index is -0.0942. The maximum atomic E-state index is 12.4. The Morgan fingerprint density at radius 2 is 2.18 bits per heavy atom. The lowest BCUT2D eigenvalue weighted by Crippen LogP contribution is -2.44. The monoisotopic (exact) mass is 319 g/mol. The number of hydrogen-bond acceptors (Lipinski definition) is 6. The van der Waals surface area contributed by atoms with Crippen LogP contribution >= 0.6 is 11.3 Å². The van der Waals surface area contributed by atoms with Crippen molar-refractivity contribution in [1.82, 2.24) is 14.9 Å². The second kappa shape index (κ2) is 6.74. The summed E-state index contributed by atoms with van der Waals surface area (Å²) in [5, 5.41) is 1.91. The minimum Gasteiger partial charge on any atom is -0.477 e. The van der Waals surface area contributed by atoms with Crippen molar-refractivity contribution < 1.29 is 14.3 Å². The number of piperidine rings is 1. The third kappa shape index (κ3) is 3.19. The second-order valence-corrected chi connectivity index (χ2v) is 5.93. The van der Waals surface area contributed by atoms with E-state index in [1.54, 1.807) is 12.4 Å². The lowest BCUT2D eigenvalue weighted by Gasteiger charge is -2.32. The molecule has 6 nitrogen and oxygen atoms in total. The Morgan fingerprint density at radius 3 is 2.91 bits per heavy atom. The van der Waals surface area contributed by atoms with Crippen LogP contribution in [0.5, 0.6) is 11.8 Å². The number of carbonyl (C=O) groups excluding carboxylic acids is 1. The highest BCUT2D eigenvalue weighted by molar-refractivity contribution is 7.12. The van der Waals surface area contributed by atoms with E-state index in [-0.39, 0.29) is 12.0 Å². The summed E-state index contributed by atoms with van der Waals surface area (Å²) in [6.07, 6.45) is 4.82. The number of nitrogens with zero attached hydrogens (tertiary/aromatic N) is 3. The van der Waals surface area contributed by atoms with Gasteiger partial charge in [-0.05, 0) is 24.3 Å². The van der Waals surface area contributed by atoms with Gasteiger partial charge in [0.1, 0.15) is 6.10 Å². The fourth-order valence-electron chi connectivity index (χ4n) is 2.47. The number of rotatable bonds is 4. The molecule has 2 aromatic rings. The molecule has 1 fully saturated rings. The smallest absolute Gasteiger partial charge is 0.278 e. The normalized spacial score (nSPS) is 18.0. The quantitative estimate of drug-likeness (QED) is 0.864. The Hall–Kier alpha value is -2.15. The van der Waals surface area contributed by atoms with Gasteiger partial charge in [0.15, 0.2) is 0 Å². The molecule has 3 rings (SSSR count). The maximum Gasteiger partial charge on any atom is 0.278 e. The zero-order valence-corrected chi connectivity index (χ0v) is 13.1. The number of amides is 1. The van der Waals surface area contributed by atoms with Crippen molar-refractivity contribution in [3.05, 3.63) is 34.8 Å². The van der Waals surface area contributed by atoms with Gasteiger partial charge < -0.3 is 14.4 Å². The molecule has 0 radical (unpaired) electrons. The molecule has 22 heavy (non-hydrogen) atoms. The number of ether oxygens (including phenoxy) is 2. The number of hydrogen-bond donors (Lipinski definition) is 0. The van der Waals surface area contributed by atoms with Gasteiger partial charge in [0.25, 0.3) is 17.7 Å². The number of methoxy groups -OCH3 is 1. The van der Waals surface area contributed by atoms with Gasteiger partial charge in [-0.3, -0.25) is 4.79 Å². The molecule has 2 aromatic heterocycles. The van der Waals surface area contributed by atoms with Crippen LogP contribution in [0, 0.1) is 0 Å². The van der Waals surface area contributed by atoms with Crippen LogP contribution in [-0.4, -0.2) is 47.1 Å². The van der Waals surface area contributed by atoms with Gasteiger partial charge in [0.05, 0.1) is 18.5 Å². The standard InChI is InChI=1S/C15H17N3O3S/c1-20-13-14(17-7-6-16-13)21-11-4-2-8-18(10-11)15(19)12-5-3-9-22-12/h3,5-7,9,11H,2,4,8,10H2,1H3. The average molecular weight is 319 g/mol. The fraction of sp³-hybridized carbons (Fsp3) is 0.400. The summed E-state index contributed by atoms with van der Waals surface area (Å²) < 4.78 is 11.0. The average Bonchev–Trinajstić information content (AvgIpc) is 3.09. The molecule has 0 N–H and O–H groups in total. The topological polar surface area (TPSA) is 64.6 Å². The Balaban J connectivity index is 1.67. The number of thiophene rings is 1. The van der Waals surface area contributed by atoms with Crippen molar-refractivity contribution in [3.63, 3.8) is 0 Å². The van der Waals surface area contributed by atoms with Crippen LogP contribution in [0.2, 0.25) is 0 Å². The molecule has 116 valence electrons. The van der Waals surface area contributed by atoms with Crippen LogP contribution in [0.1, 0.15) is 22.5 Å². The van der Waals surface area contributed by atoms with E-state index in [0.717, 1.165) is 24.3 Å². The van der Waals surface area contributed by atoms with Crippen molar-refractivity contribution in [1.29, 1.82) is 0 Å². The van der Waals surface area contributed by atoms with Gasteiger partial charge in [-0.25, -0.2) is 9.97 Å². The lowest BCUT2D eigenvalue weighted by atomic mass is 10.1. The number of carbonyl (C=O) groups is 1. The summed E-state index contributed by atoms with van der Waals surface area (Å²) in [5.41, 5.74) is 0. The number of aromatic nitrogens is 2. The van der Waals surface area contributed by atoms with Crippen molar-refractivity contribution in [2.24, 2.45) is 0 Å². The van der Waals surface area contributed by atoms with E-state index in [4.69, 9.17) is 9.47 Å². The molecule has 1 aliphatic rings. The van der Waals surface area contributed by atoms with Crippen molar-refractivity contribution >= 4 is 17.2 Å². The SMILES string of the molecule is COc1nccnc1OC1CCCN(C(=O)c2cccs2)C1. The van der Waals surface area contributed by atoms with Crippen molar-refractivity contribution in [2.75, 3.05) is 20.2 Å². The fourth-order valence-corrected chi connectivity index (χ4v) is 3.16. The minimum absolute atomic E-state index is 0.0643. The van der Waals surface area contributed by atoms with Crippen LogP contribution in [-0.2, 0) is 0 Å². The zero-order chi connectivity index (χ0) is 15.4. The van der Waals surface area contributed by atoms with E-state index in [9.17, 15) is 4.79 Å². The van der Waals surface area contributed by atoms with E-state index < -0.39 is 0 Å². The third-order valence-electron chi connectivity index (χ3n) is 3.50. The van der Waals surface area contributed by atoms with Crippen LogP contribution in [0.15, 0.2) is 29.9 Å². The summed E-state index contributed by atoms with van der Waals surface area (Å²) in [6, 6.07) is 3.74. The molecule has 1 atom stereocenters. The first kappa shape index (κ1) is 14.8. The zero-order valence-electron chi connectivity index (χ0n) is 12.3. The summed E-state index contributed by atoms with van der Waals surface area (Å²) >= 11 is 1.46. The molecule has 0 aromatic carbocycles. The summed E-state index contributed by atoms with van der Waals surface area (Å²) in [7, 11) is 1.53. The van der Waals surface area contributed by atoms with Crippen LogP contribution in [0.3, 0.4) is 0 Å². The van der Waals surface area contributed by atoms with Gasteiger partial charge in [0.2, 0.25) is 0 Å². The summed E-state index contributed by atoms with van der Waals surface area (Å²) in [5.74, 6) is 0.805. The van der Waals surface area contributed by atoms with Gasteiger partial charge in [-0.15, -0.1) is 11.3 Å². The Kier molecular flexibility index (Phi) is 4.53. The predicted molar refractivity (Wildman–Crippen MR) is 82.5 cm³/mol. The number of likely N-dealkylation sites (tertiary alicyclic amines) is 1. The second-order valence-electron chi connectivity index (χ2n) is 4.98. The first-order valence-electron chi connectivity index (χ1n) is 7.12. The Bertz CT molecular complexity index is 633. The highest BCUT2D eigenvalue weighted by Crippen LogP contribution is 2.24. The van der Waals surface area contributed by atoms with Crippen molar-refractivity contribution in [2.45, 2.75) is 18.9 Å². The van der Waals surface area contributed by atoms with E-state index >= 15 is 0 Å². The van der Waals surface area contributed by atoms with E-state index in [2.05, 4.69) is 9.97 Å². The molecule has 1 saturated heterocycles. The molecule has 1 unspecified atom stereocenters. The molecule has 3 heterocycles. The summed E-state index contributed by atoms with van der Waals surface area (Å²) in [6.45, 7) is 1.31. The van der Waals surface area contributed by atoms with Gasteiger partial charge >= 0.3 is 0 Å². The molecule has 0 bridgehead atoms. The maximum absolute atomic E-state index is 12.4. The van der Waals surface area contributed by atoms with Crippen LogP contribution in [0.4, 0.5) is 0 Å². The first-order valence-corrected chi connectivity index (χ1v) is 8.00. The highest BCUT2D eigenvalue weighted by atomic mass is 32.1.